The van der Waals surface area contributed by atoms with Crippen LogP contribution in [0.4, 0.5) is 16.5 Å². The van der Waals surface area contributed by atoms with Crippen LogP contribution < -0.4 is 20.5 Å². The predicted molar refractivity (Wildman–Crippen MR) is 113 cm³/mol. The van der Waals surface area contributed by atoms with Crippen LogP contribution in [0.2, 0.25) is 0 Å². The Kier molecular flexibility index (Phi) is 6.69. The number of methoxy groups -OCH3 is 1. The van der Waals surface area contributed by atoms with E-state index in [0.29, 0.717) is 15.2 Å². The van der Waals surface area contributed by atoms with Crippen LogP contribution in [-0.2, 0) is 14.8 Å². The number of primary sulfonamides is 1. The Bertz CT molecular complexity index is 1100. The molecule has 0 fully saturated rings. The zero-order chi connectivity index (χ0) is 20.9. The molecule has 152 valence electrons. The maximum atomic E-state index is 12.1. The summed E-state index contributed by atoms with van der Waals surface area (Å²) in [5.74, 6) is 0.601. The highest BCUT2D eigenvalue weighted by atomic mass is 32.2. The van der Waals surface area contributed by atoms with Crippen molar-refractivity contribution in [1.82, 2.24) is 10.2 Å². The van der Waals surface area contributed by atoms with E-state index in [1.54, 1.807) is 7.11 Å². The maximum absolute atomic E-state index is 12.1. The molecule has 0 atom stereocenters. The molecule has 0 aliphatic carbocycles. The van der Waals surface area contributed by atoms with Gasteiger partial charge in [-0.15, -0.1) is 10.2 Å². The molecule has 12 heteroatoms. The van der Waals surface area contributed by atoms with Gasteiger partial charge in [-0.25, -0.2) is 13.6 Å². The summed E-state index contributed by atoms with van der Waals surface area (Å²) in [4.78, 5) is 12.1. The van der Waals surface area contributed by atoms with Crippen molar-refractivity contribution in [3.05, 3.63) is 48.5 Å². The first-order valence-electron chi connectivity index (χ1n) is 8.13. The van der Waals surface area contributed by atoms with Gasteiger partial charge in [0, 0.05) is 17.4 Å². The van der Waals surface area contributed by atoms with E-state index in [9.17, 15) is 13.2 Å². The standard InChI is InChI=1S/C17H17N5O4S3/c1-26-13-4-2-3-12(9-13)20-16-21-22-17(28-16)27-10-15(23)19-11-5-7-14(8-6-11)29(18,24)25/h2-9H,10H2,1H3,(H,19,23)(H,20,21)(H2,18,24,25). The number of hydrogen-bond donors (Lipinski definition) is 3. The number of thioether (sulfide) groups is 1. The second kappa shape index (κ2) is 9.22. The van der Waals surface area contributed by atoms with Crippen molar-refractivity contribution in [1.29, 1.82) is 0 Å². The first-order chi connectivity index (χ1) is 13.8. The third-order valence-electron chi connectivity index (χ3n) is 3.52. The van der Waals surface area contributed by atoms with E-state index in [4.69, 9.17) is 9.88 Å². The Morgan fingerprint density at radius 3 is 2.62 bits per heavy atom. The molecule has 0 aliphatic heterocycles. The molecule has 0 radical (unpaired) electrons. The lowest BCUT2D eigenvalue weighted by molar-refractivity contribution is -0.113. The molecule has 1 aromatic heterocycles. The summed E-state index contributed by atoms with van der Waals surface area (Å²) in [5, 5.41) is 19.6. The van der Waals surface area contributed by atoms with Crippen LogP contribution in [0.1, 0.15) is 0 Å². The quantitative estimate of drug-likeness (QED) is 0.445. The van der Waals surface area contributed by atoms with Crippen molar-refractivity contribution in [2.75, 3.05) is 23.5 Å². The van der Waals surface area contributed by atoms with Gasteiger partial charge < -0.3 is 15.4 Å². The number of nitrogens with two attached hydrogens (primary N) is 1. The lowest BCUT2D eigenvalue weighted by atomic mass is 10.3. The van der Waals surface area contributed by atoms with E-state index in [2.05, 4.69) is 20.8 Å². The third-order valence-corrected chi connectivity index (χ3v) is 6.42. The molecular weight excluding hydrogens is 434 g/mol. The van der Waals surface area contributed by atoms with Gasteiger partial charge in [-0.2, -0.15) is 0 Å². The predicted octanol–water partition coefficient (Wildman–Crippen LogP) is 2.67. The van der Waals surface area contributed by atoms with E-state index in [-0.39, 0.29) is 16.6 Å². The number of carbonyl (C=O) groups excluding carboxylic acids is 1. The Hall–Kier alpha value is -2.67. The van der Waals surface area contributed by atoms with Gasteiger partial charge in [-0.05, 0) is 36.4 Å². The third kappa shape index (κ3) is 6.15. The minimum absolute atomic E-state index is 0.0187. The normalized spacial score (nSPS) is 11.1. The molecule has 2 aromatic carbocycles. The van der Waals surface area contributed by atoms with Crippen LogP contribution in [-0.4, -0.2) is 37.4 Å². The molecule has 0 bridgehead atoms. The fourth-order valence-electron chi connectivity index (χ4n) is 2.20. The van der Waals surface area contributed by atoms with Gasteiger partial charge in [0.2, 0.25) is 21.1 Å². The number of ether oxygens (including phenoxy) is 1. The molecule has 9 nitrogen and oxygen atoms in total. The number of nitrogens with zero attached hydrogens (tertiary/aromatic N) is 2. The van der Waals surface area contributed by atoms with Crippen molar-refractivity contribution >= 4 is 55.5 Å². The van der Waals surface area contributed by atoms with E-state index in [1.807, 2.05) is 24.3 Å². The minimum Gasteiger partial charge on any atom is -0.497 e. The van der Waals surface area contributed by atoms with E-state index in [1.165, 1.54) is 47.4 Å². The summed E-state index contributed by atoms with van der Waals surface area (Å²) in [6.45, 7) is 0. The second-order valence-corrected chi connectivity index (χ2v) is 9.40. The molecule has 0 unspecified atom stereocenters. The number of rotatable bonds is 8. The van der Waals surface area contributed by atoms with Gasteiger partial charge in [-0.1, -0.05) is 29.2 Å². The summed E-state index contributed by atoms with van der Waals surface area (Å²) >= 11 is 2.57. The van der Waals surface area contributed by atoms with Crippen molar-refractivity contribution in [2.45, 2.75) is 9.24 Å². The molecule has 29 heavy (non-hydrogen) atoms. The Balaban J connectivity index is 1.52. The lowest BCUT2D eigenvalue weighted by Crippen LogP contribution is -2.15. The van der Waals surface area contributed by atoms with E-state index < -0.39 is 10.0 Å². The molecule has 0 saturated carbocycles. The van der Waals surface area contributed by atoms with Crippen LogP contribution >= 0.6 is 23.1 Å². The maximum Gasteiger partial charge on any atom is 0.238 e. The number of hydrogen-bond acceptors (Lipinski definition) is 9. The number of anilines is 3. The van der Waals surface area contributed by atoms with Gasteiger partial charge in [0.05, 0.1) is 17.8 Å². The summed E-state index contributed by atoms with van der Waals surface area (Å²) in [6, 6.07) is 13.0. The number of carbonyl (C=O) groups is 1. The number of benzene rings is 2. The molecule has 1 amide bonds. The summed E-state index contributed by atoms with van der Waals surface area (Å²) in [5.41, 5.74) is 1.29. The van der Waals surface area contributed by atoms with Crippen LogP contribution in [0.25, 0.3) is 0 Å². The lowest BCUT2D eigenvalue weighted by Gasteiger charge is -2.05. The topological polar surface area (TPSA) is 136 Å². The van der Waals surface area contributed by atoms with Crippen LogP contribution in [0.15, 0.2) is 57.8 Å². The molecule has 4 N–H and O–H groups in total. The van der Waals surface area contributed by atoms with E-state index in [0.717, 1.165) is 11.4 Å². The monoisotopic (exact) mass is 451 g/mol. The molecule has 0 aliphatic rings. The van der Waals surface area contributed by atoms with Crippen molar-refractivity contribution < 1.29 is 17.9 Å². The first-order valence-corrected chi connectivity index (χ1v) is 11.5. The van der Waals surface area contributed by atoms with Crippen LogP contribution in [0.5, 0.6) is 5.75 Å². The zero-order valence-electron chi connectivity index (χ0n) is 15.2. The Morgan fingerprint density at radius 2 is 1.93 bits per heavy atom. The van der Waals surface area contributed by atoms with Crippen molar-refractivity contribution in [3.8, 4) is 5.75 Å². The van der Waals surface area contributed by atoms with Gasteiger partial charge >= 0.3 is 0 Å². The molecule has 1 heterocycles. The molecule has 3 rings (SSSR count). The van der Waals surface area contributed by atoms with Crippen LogP contribution in [0, 0.1) is 0 Å². The van der Waals surface area contributed by atoms with Gasteiger partial charge in [-0.3, -0.25) is 4.79 Å². The number of sulfonamides is 1. The zero-order valence-corrected chi connectivity index (χ0v) is 17.6. The van der Waals surface area contributed by atoms with Gasteiger partial charge in [0.15, 0.2) is 4.34 Å². The van der Waals surface area contributed by atoms with Crippen LogP contribution in [0.3, 0.4) is 0 Å². The fraction of sp³-hybridized carbons (Fsp3) is 0.118. The van der Waals surface area contributed by atoms with Crippen molar-refractivity contribution in [2.24, 2.45) is 5.14 Å². The summed E-state index contributed by atoms with van der Waals surface area (Å²) in [6.07, 6.45) is 0. The largest absolute Gasteiger partial charge is 0.497 e. The molecule has 0 spiro atoms. The highest BCUT2D eigenvalue weighted by molar-refractivity contribution is 8.01. The highest BCUT2D eigenvalue weighted by Crippen LogP contribution is 2.28. The minimum atomic E-state index is -3.76. The number of aromatic nitrogens is 2. The fourth-order valence-corrected chi connectivity index (χ4v) is 4.28. The average Bonchev–Trinajstić information content (AvgIpc) is 3.13. The SMILES string of the molecule is COc1cccc(Nc2nnc(SCC(=O)Nc3ccc(S(N)(=O)=O)cc3)s2)c1. The Labute approximate surface area is 175 Å². The van der Waals surface area contributed by atoms with E-state index >= 15 is 0 Å². The summed E-state index contributed by atoms with van der Waals surface area (Å²) < 4.78 is 28.3. The number of nitrogens with one attached hydrogen (secondary N) is 2. The summed E-state index contributed by atoms with van der Waals surface area (Å²) in [7, 11) is -2.17. The molecular formula is C17H17N5O4S3. The van der Waals surface area contributed by atoms with Gasteiger partial charge in [0.1, 0.15) is 5.75 Å². The molecule has 0 saturated heterocycles. The first kappa shape index (κ1) is 21.0. The Morgan fingerprint density at radius 1 is 1.17 bits per heavy atom. The average molecular weight is 452 g/mol. The number of amides is 1. The smallest absolute Gasteiger partial charge is 0.238 e. The van der Waals surface area contributed by atoms with Gasteiger partial charge in [0.25, 0.3) is 0 Å². The highest BCUT2D eigenvalue weighted by Gasteiger charge is 2.11. The van der Waals surface area contributed by atoms with Crippen molar-refractivity contribution in [3.63, 3.8) is 0 Å². The molecule has 3 aromatic rings. The second-order valence-electron chi connectivity index (χ2n) is 5.64.